The number of hydrogen-bond acceptors (Lipinski definition) is 6. The number of carbonyl (C=O) groups excluding carboxylic acids is 2. The van der Waals surface area contributed by atoms with Gasteiger partial charge in [-0.2, -0.15) is 11.8 Å². The molecule has 0 saturated heterocycles. The second-order valence-corrected chi connectivity index (χ2v) is 11.6. The molecule has 0 saturated carbocycles. The lowest BCUT2D eigenvalue weighted by molar-refractivity contribution is -0.142. The number of rotatable bonds is 17. The summed E-state index contributed by atoms with van der Waals surface area (Å²) < 4.78 is 5.14. The predicted molar refractivity (Wildman–Crippen MR) is 159 cm³/mol. The Morgan fingerprint density at radius 3 is 1.92 bits per heavy atom. The Morgan fingerprint density at radius 1 is 0.846 bits per heavy atom. The second kappa shape index (κ2) is 20.2. The number of alkyl carbamates (subject to hydrolysis) is 1. The summed E-state index contributed by atoms with van der Waals surface area (Å²) in [5.41, 5.74) is 3.09. The van der Waals surface area contributed by atoms with Crippen molar-refractivity contribution in [1.29, 1.82) is 0 Å². The smallest absolute Gasteiger partial charge is 0.408 e. The lowest BCUT2D eigenvalue weighted by atomic mass is 10.1. The van der Waals surface area contributed by atoms with Crippen molar-refractivity contribution >= 4 is 35.7 Å². The zero-order chi connectivity index (χ0) is 29.3. The summed E-state index contributed by atoms with van der Waals surface area (Å²) in [5.74, 6) is -2.42. The van der Waals surface area contributed by atoms with Crippen molar-refractivity contribution in [2.24, 2.45) is 0 Å². The molecule has 0 aromatic heterocycles. The van der Waals surface area contributed by atoms with Gasteiger partial charge in [0.2, 0.25) is 5.91 Å². The zero-order valence-electron chi connectivity index (χ0n) is 23.9. The second-order valence-electron chi connectivity index (χ2n) is 10.5. The van der Waals surface area contributed by atoms with Crippen LogP contribution in [0.25, 0.3) is 0 Å². The highest BCUT2D eigenvalue weighted by molar-refractivity contribution is 7.99. The number of thioether (sulfide) groups is 1. The predicted octanol–water partition coefficient (Wildman–Crippen LogP) is 6.10. The molecule has 4 N–H and O–H groups in total. The Hall–Kier alpha value is -2.75. The third-order valence-electron chi connectivity index (χ3n) is 5.23. The minimum atomic E-state index is -1.24. The first kappa shape index (κ1) is 38.4. The summed E-state index contributed by atoms with van der Waals surface area (Å²) in [6, 6.07) is -2.44. The summed E-state index contributed by atoms with van der Waals surface area (Å²) in [6.07, 6.45) is 9.04. The van der Waals surface area contributed by atoms with Gasteiger partial charge in [-0.3, -0.25) is 9.59 Å². The maximum Gasteiger partial charge on any atom is 0.408 e. The number of ether oxygens (including phenoxy) is 1. The highest BCUT2D eigenvalue weighted by Crippen LogP contribution is 2.13. The molecule has 0 spiro atoms. The van der Waals surface area contributed by atoms with Gasteiger partial charge in [0.25, 0.3) is 0 Å². The molecule has 0 unspecified atom stereocenters. The van der Waals surface area contributed by atoms with E-state index in [1.54, 1.807) is 20.8 Å². The lowest BCUT2D eigenvalue weighted by Gasteiger charge is -2.24. The first-order chi connectivity index (χ1) is 17.6. The first-order valence-electron chi connectivity index (χ1n) is 12.9. The number of hydrogen-bond donors (Lipinski definition) is 4. The number of carboxylic acids is 2. The summed E-state index contributed by atoms with van der Waals surface area (Å²) in [5, 5.41) is 23.3. The van der Waals surface area contributed by atoms with Crippen LogP contribution in [0.3, 0.4) is 0 Å². The summed E-state index contributed by atoms with van der Waals surface area (Å²) in [4.78, 5) is 47.5. The molecule has 0 aromatic carbocycles. The van der Waals surface area contributed by atoms with Crippen LogP contribution in [0.1, 0.15) is 94.4 Å². The van der Waals surface area contributed by atoms with Crippen LogP contribution in [-0.2, 0) is 19.1 Å². The van der Waals surface area contributed by atoms with E-state index >= 15 is 0 Å². The van der Waals surface area contributed by atoms with Gasteiger partial charge in [-0.05, 0) is 80.6 Å². The molecule has 10 heteroatoms. The van der Waals surface area contributed by atoms with E-state index in [9.17, 15) is 24.3 Å². The van der Waals surface area contributed by atoms with E-state index in [1.165, 1.54) is 28.5 Å². The Bertz CT molecular complexity index is 885. The normalized spacial score (nSPS) is 13.4. The lowest BCUT2D eigenvalue weighted by Crippen LogP contribution is -2.53. The van der Waals surface area contributed by atoms with E-state index in [4.69, 9.17) is 9.84 Å². The molecule has 0 radical (unpaired) electrons. The molecule has 0 aliphatic rings. The maximum atomic E-state index is 12.7. The van der Waals surface area contributed by atoms with E-state index in [0.29, 0.717) is 5.75 Å². The molecule has 39 heavy (non-hydrogen) atoms. The highest BCUT2D eigenvalue weighted by atomic mass is 32.2. The number of amides is 2. The van der Waals surface area contributed by atoms with Crippen molar-refractivity contribution in [3.8, 4) is 0 Å². The van der Waals surface area contributed by atoms with Crippen molar-refractivity contribution in [2.75, 3.05) is 11.5 Å². The molecule has 0 fully saturated rings. The molecule has 224 valence electrons. The molecular weight excluding hydrogens is 520 g/mol. The quantitative estimate of drug-likeness (QED) is 0.121. The van der Waals surface area contributed by atoms with E-state index in [0.717, 1.165) is 25.7 Å². The van der Waals surface area contributed by atoms with Gasteiger partial charge in [-0.15, -0.1) is 0 Å². The van der Waals surface area contributed by atoms with Gasteiger partial charge in [0.15, 0.2) is 0 Å². The number of nitrogens with one attached hydrogen (secondary N) is 2. The molecule has 0 aliphatic carbocycles. The van der Waals surface area contributed by atoms with Crippen LogP contribution >= 0.6 is 11.8 Å². The fourth-order valence-electron chi connectivity index (χ4n) is 3.16. The van der Waals surface area contributed by atoms with Gasteiger partial charge in [0.05, 0.1) is 0 Å². The Balaban J connectivity index is 0. The van der Waals surface area contributed by atoms with Crippen LogP contribution in [0, 0.1) is 0 Å². The first-order valence-corrected chi connectivity index (χ1v) is 14.0. The molecular formula is C29H50N2O7S. The van der Waals surface area contributed by atoms with Crippen LogP contribution < -0.4 is 10.6 Å². The SMILES string of the molecule is C.CC(C)=CCC/C(C)=C/CC/C(C)=C/CSC[C@H](NC(=O)[C@H](CCC(=O)O)NC(=O)OC(C)(C)C)C(=O)O. The van der Waals surface area contributed by atoms with Crippen molar-refractivity contribution in [1.82, 2.24) is 10.6 Å². The van der Waals surface area contributed by atoms with E-state index < -0.39 is 41.6 Å². The minimum Gasteiger partial charge on any atom is -0.481 e. The van der Waals surface area contributed by atoms with Crippen LogP contribution in [0.15, 0.2) is 34.9 Å². The molecule has 0 bridgehead atoms. The third-order valence-corrected chi connectivity index (χ3v) is 6.20. The average molecular weight is 571 g/mol. The zero-order valence-corrected chi connectivity index (χ0v) is 24.7. The van der Waals surface area contributed by atoms with Gasteiger partial charge in [0, 0.05) is 17.9 Å². The van der Waals surface area contributed by atoms with Crippen LogP contribution in [0.4, 0.5) is 4.79 Å². The van der Waals surface area contributed by atoms with Gasteiger partial charge in [0.1, 0.15) is 17.7 Å². The third kappa shape index (κ3) is 21.8. The Labute approximate surface area is 238 Å². The largest absolute Gasteiger partial charge is 0.481 e. The number of aliphatic carboxylic acids is 2. The van der Waals surface area contributed by atoms with Crippen molar-refractivity contribution in [3.05, 3.63) is 34.9 Å². The fraction of sp³-hybridized carbons (Fsp3) is 0.655. The monoisotopic (exact) mass is 570 g/mol. The van der Waals surface area contributed by atoms with E-state index in [2.05, 4.69) is 49.6 Å². The number of carbonyl (C=O) groups is 4. The van der Waals surface area contributed by atoms with Crippen molar-refractivity contribution in [2.45, 2.75) is 112 Å². The van der Waals surface area contributed by atoms with Gasteiger partial charge >= 0.3 is 18.0 Å². The van der Waals surface area contributed by atoms with Crippen molar-refractivity contribution in [3.63, 3.8) is 0 Å². The summed E-state index contributed by atoms with van der Waals surface area (Å²) >= 11 is 1.37. The van der Waals surface area contributed by atoms with Crippen LogP contribution in [0.2, 0.25) is 0 Å². The number of carboxylic acid groups (broad SMARTS) is 2. The topological polar surface area (TPSA) is 142 Å². The van der Waals surface area contributed by atoms with E-state index in [1.807, 2.05) is 6.92 Å². The summed E-state index contributed by atoms with van der Waals surface area (Å²) in [7, 11) is 0. The van der Waals surface area contributed by atoms with E-state index in [-0.39, 0.29) is 26.0 Å². The van der Waals surface area contributed by atoms with Crippen LogP contribution in [-0.4, -0.2) is 63.3 Å². The Kier molecular flexibility index (Phi) is 19.9. The maximum absolute atomic E-state index is 12.7. The molecule has 2 amide bonds. The number of allylic oxidation sites excluding steroid dienone is 5. The molecule has 0 heterocycles. The molecule has 0 aliphatic heterocycles. The molecule has 2 atom stereocenters. The van der Waals surface area contributed by atoms with Crippen LogP contribution in [0.5, 0.6) is 0 Å². The van der Waals surface area contributed by atoms with Crippen molar-refractivity contribution < 1.29 is 34.1 Å². The Morgan fingerprint density at radius 2 is 1.41 bits per heavy atom. The fourth-order valence-corrected chi connectivity index (χ4v) is 4.16. The van der Waals surface area contributed by atoms with Gasteiger partial charge < -0.3 is 25.6 Å². The molecule has 0 rings (SSSR count). The van der Waals surface area contributed by atoms with Gasteiger partial charge in [-0.1, -0.05) is 42.4 Å². The average Bonchev–Trinajstić information content (AvgIpc) is 2.76. The standard InChI is InChI=1S/C28H46N2O7S.CH4/c1-19(2)10-8-11-20(3)12-9-13-21(4)16-17-38-18-23(26(34)35)29-25(33)22(14-15-24(31)32)30-27(36)37-28(5,6)7;/h10,12,16,22-23H,8-9,11,13-15,17-18H2,1-7H3,(H,29,33)(H,30,36)(H,31,32)(H,34,35);1H4/b20-12+,21-16+;/t22-,23-;/m0./s1. The summed E-state index contributed by atoms with van der Waals surface area (Å²) in [6.45, 7) is 13.3. The molecule has 9 nitrogen and oxygen atoms in total. The minimum absolute atomic E-state index is 0. The molecule has 0 aromatic rings. The van der Waals surface area contributed by atoms with Gasteiger partial charge in [-0.25, -0.2) is 9.59 Å². The highest BCUT2D eigenvalue weighted by Gasteiger charge is 2.28.